The van der Waals surface area contributed by atoms with E-state index in [1.807, 2.05) is 0 Å². The van der Waals surface area contributed by atoms with Crippen LogP contribution < -0.4 is 10.9 Å². The van der Waals surface area contributed by atoms with Crippen molar-refractivity contribution in [2.75, 3.05) is 12.4 Å². The quantitative estimate of drug-likeness (QED) is 0.705. The van der Waals surface area contributed by atoms with Gasteiger partial charge in [0, 0.05) is 17.0 Å². The summed E-state index contributed by atoms with van der Waals surface area (Å²) in [6.07, 6.45) is 0. The van der Waals surface area contributed by atoms with Gasteiger partial charge in [-0.3, -0.25) is 9.59 Å². The molecule has 25 heavy (non-hydrogen) atoms. The third-order valence-electron chi connectivity index (χ3n) is 3.63. The van der Waals surface area contributed by atoms with Crippen molar-refractivity contribution in [3.8, 4) is 0 Å². The summed E-state index contributed by atoms with van der Waals surface area (Å²) < 4.78 is 4.65. The fourth-order valence-electron chi connectivity index (χ4n) is 2.45. The van der Waals surface area contributed by atoms with E-state index >= 15 is 0 Å². The molecule has 0 fully saturated rings. The minimum absolute atomic E-state index is 0.207. The van der Waals surface area contributed by atoms with Gasteiger partial charge in [-0.1, -0.05) is 29.8 Å². The Kier molecular flexibility index (Phi) is 4.54. The van der Waals surface area contributed by atoms with Crippen LogP contribution in [-0.4, -0.2) is 24.0 Å². The monoisotopic (exact) mass is 356 g/mol. The van der Waals surface area contributed by atoms with Crippen LogP contribution in [0.25, 0.3) is 10.9 Å². The van der Waals surface area contributed by atoms with Crippen molar-refractivity contribution in [1.29, 1.82) is 0 Å². The normalized spacial score (nSPS) is 10.5. The van der Waals surface area contributed by atoms with Gasteiger partial charge in [0.25, 0.3) is 5.91 Å². The molecule has 0 saturated heterocycles. The van der Waals surface area contributed by atoms with Gasteiger partial charge in [0.15, 0.2) is 0 Å². The van der Waals surface area contributed by atoms with E-state index in [4.69, 9.17) is 11.6 Å². The van der Waals surface area contributed by atoms with Crippen LogP contribution in [0, 0.1) is 0 Å². The summed E-state index contributed by atoms with van der Waals surface area (Å²) in [4.78, 5) is 38.7. The Balaban J connectivity index is 2.01. The first-order valence-electron chi connectivity index (χ1n) is 7.31. The molecule has 3 aromatic rings. The van der Waals surface area contributed by atoms with Gasteiger partial charge in [-0.15, -0.1) is 0 Å². The molecule has 1 amide bonds. The van der Waals surface area contributed by atoms with Crippen LogP contribution in [0.1, 0.15) is 20.7 Å². The van der Waals surface area contributed by atoms with Gasteiger partial charge in [-0.25, -0.2) is 4.79 Å². The Morgan fingerprint density at radius 2 is 1.88 bits per heavy atom. The highest BCUT2D eigenvalue weighted by Gasteiger charge is 2.15. The number of anilines is 1. The lowest BCUT2D eigenvalue weighted by Gasteiger charge is -2.10. The summed E-state index contributed by atoms with van der Waals surface area (Å²) in [6, 6.07) is 12.6. The van der Waals surface area contributed by atoms with Crippen molar-refractivity contribution in [3.63, 3.8) is 0 Å². The predicted molar refractivity (Wildman–Crippen MR) is 95.3 cm³/mol. The Morgan fingerprint density at radius 3 is 2.64 bits per heavy atom. The fraction of sp³-hybridized carbons (Fsp3) is 0.0556. The number of carbonyl (C=O) groups excluding carboxylic acids is 2. The van der Waals surface area contributed by atoms with E-state index in [2.05, 4.69) is 15.0 Å². The second-order valence-electron chi connectivity index (χ2n) is 5.23. The smallest absolute Gasteiger partial charge is 0.337 e. The van der Waals surface area contributed by atoms with Gasteiger partial charge in [0.1, 0.15) is 0 Å². The van der Waals surface area contributed by atoms with Crippen molar-refractivity contribution < 1.29 is 14.3 Å². The molecule has 0 atom stereocenters. The molecule has 3 rings (SSSR count). The van der Waals surface area contributed by atoms with Crippen molar-refractivity contribution in [2.45, 2.75) is 0 Å². The van der Waals surface area contributed by atoms with Gasteiger partial charge in [-0.2, -0.15) is 0 Å². The van der Waals surface area contributed by atoms with Gasteiger partial charge < -0.3 is 15.0 Å². The number of nitrogens with one attached hydrogen (secondary N) is 2. The number of pyridine rings is 1. The predicted octanol–water partition coefficient (Wildman–Crippen LogP) is 3.22. The van der Waals surface area contributed by atoms with E-state index in [0.29, 0.717) is 10.9 Å². The van der Waals surface area contributed by atoms with E-state index < -0.39 is 17.4 Å². The number of amides is 1. The second-order valence-corrected chi connectivity index (χ2v) is 5.64. The van der Waals surface area contributed by atoms with Crippen molar-refractivity contribution in [1.82, 2.24) is 4.98 Å². The number of halogens is 1. The summed E-state index contributed by atoms with van der Waals surface area (Å²) in [5.74, 6) is -1.06. The highest BCUT2D eigenvalue weighted by molar-refractivity contribution is 6.34. The van der Waals surface area contributed by atoms with Crippen molar-refractivity contribution in [3.05, 3.63) is 75.0 Å². The molecule has 0 aliphatic heterocycles. The number of esters is 1. The maximum atomic E-state index is 12.6. The number of rotatable bonds is 3. The van der Waals surface area contributed by atoms with Crippen molar-refractivity contribution >= 4 is 40.1 Å². The molecule has 6 nitrogen and oxygen atoms in total. The lowest BCUT2D eigenvalue weighted by Crippen LogP contribution is -2.17. The molecule has 0 saturated carbocycles. The first kappa shape index (κ1) is 16.7. The van der Waals surface area contributed by atoms with Crippen LogP contribution in [0.3, 0.4) is 0 Å². The molecule has 1 heterocycles. The third-order valence-corrected chi connectivity index (χ3v) is 3.96. The zero-order chi connectivity index (χ0) is 18.0. The number of hydrogen-bond acceptors (Lipinski definition) is 4. The largest absolute Gasteiger partial charge is 0.465 e. The number of benzene rings is 2. The SMILES string of the molecule is COC(=O)c1ccc(Cl)c(NC(=O)c2cc(=O)[nH]c3ccccc23)c1. The molecular formula is C18H13ClN2O4. The molecule has 2 aromatic carbocycles. The molecule has 0 radical (unpaired) electrons. The summed E-state index contributed by atoms with van der Waals surface area (Å²) in [6.45, 7) is 0. The molecule has 126 valence electrons. The molecule has 0 bridgehead atoms. The van der Waals surface area contributed by atoms with Crippen LogP contribution in [0.5, 0.6) is 0 Å². The molecule has 0 unspecified atom stereocenters. The zero-order valence-electron chi connectivity index (χ0n) is 13.1. The molecule has 0 spiro atoms. The van der Waals surface area contributed by atoms with E-state index in [-0.39, 0.29) is 21.8 Å². The Morgan fingerprint density at radius 1 is 1.12 bits per heavy atom. The number of methoxy groups -OCH3 is 1. The van der Waals surface area contributed by atoms with Crippen LogP contribution in [-0.2, 0) is 4.74 Å². The molecule has 7 heteroatoms. The van der Waals surface area contributed by atoms with Crippen molar-refractivity contribution in [2.24, 2.45) is 0 Å². The molecule has 2 N–H and O–H groups in total. The first-order chi connectivity index (χ1) is 12.0. The van der Waals surface area contributed by atoms with Crippen LogP contribution in [0.4, 0.5) is 5.69 Å². The number of hydrogen-bond donors (Lipinski definition) is 2. The summed E-state index contributed by atoms with van der Waals surface area (Å²) in [5, 5.41) is 3.49. The van der Waals surface area contributed by atoms with Gasteiger partial charge in [-0.05, 0) is 24.3 Å². The molecular weight excluding hydrogens is 344 g/mol. The van der Waals surface area contributed by atoms with E-state index in [1.54, 1.807) is 24.3 Å². The van der Waals surface area contributed by atoms with Gasteiger partial charge >= 0.3 is 5.97 Å². The lowest BCUT2D eigenvalue weighted by molar-refractivity contribution is 0.0600. The third kappa shape index (κ3) is 3.39. The lowest BCUT2D eigenvalue weighted by atomic mass is 10.1. The fourth-order valence-corrected chi connectivity index (χ4v) is 2.61. The number of aromatic nitrogens is 1. The Labute approximate surface area is 147 Å². The van der Waals surface area contributed by atoms with E-state index in [1.165, 1.54) is 31.4 Å². The van der Waals surface area contributed by atoms with E-state index in [9.17, 15) is 14.4 Å². The Hall–Kier alpha value is -3.12. The van der Waals surface area contributed by atoms with Gasteiger partial charge in [0.05, 0.1) is 28.9 Å². The number of fused-ring (bicyclic) bond motifs is 1. The number of carbonyl (C=O) groups is 2. The molecule has 0 aliphatic carbocycles. The second kappa shape index (κ2) is 6.78. The number of para-hydroxylation sites is 1. The average Bonchev–Trinajstić information content (AvgIpc) is 2.62. The minimum Gasteiger partial charge on any atom is -0.465 e. The summed E-state index contributed by atoms with van der Waals surface area (Å²) >= 11 is 6.09. The standard InChI is InChI=1S/C18H13ClN2O4/c1-25-18(24)10-6-7-13(19)15(8-10)21-17(23)12-9-16(22)20-14-5-3-2-4-11(12)14/h2-9H,1H3,(H,20,22)(H,21,23). The average molecular weight is 357 g/mol. The van der Waals surface area contributed by atoms with Crippen LogP contribution >= 0.6 is 11.6 Å². The van der Waals surface area contributed by atoms with Gasteiger partial charge in [0.2, 0.25) is 5.56 Å². The maximum absolute atomic E-state index is 12.6. The van der Waals surface area contributed by atoms with E-state index in [0.717, 1.165) is 0 Å². The number of H-pyrrole nitrogens is 1. The molecule has 0 aliphatic rings. The maximum Gasteiger partial charge on any atom is 0.337 e. The Bertz CT molecular complexity index is 1040. The highest BCUT2D eigenvalue weighted by atomic mass is 35.5. The summed E-state index contributed by atoms with van der Waals surface area (Å²) in [5.41, 5.74) is 0.864. The zero-order valence-corrected chi connectivity index (χ0v) is 13.9. The molecule has 1 aromatic heterocycles. The van der Waals surface area contributed by atoms with Crippen LogP contribution in [0.2, 0.25) is 5.02 Å². The number of aromatic amines is 1. The first-order valence-corrected chi connectivity index (χ1v) is 7.68. The highest BCUT2D eigenvalue weighted by Crippen LogP contribution is 2.25. The summed E-state index contributed by atoms with van der Waals surface area (Å²) in [7, 11) is 1.26. The number of ether oxygens (including phenoxy) is 1. The van der Waals surface area contributed by atoms with Crippen LogP contribution in [0.15, 0.2) is 53.3 Å². The topological polar surface area (TPSA) is 88.3 Å². The minimum atomic E-state index is -0.547.